The van der Waals surface area contributed by atoms with E-state index in [0.717, 1.165) is 0 Å². The first-order valence-corrected chi connectivity index (χ1v) is 38.3. The van der Waals surface area contributed by atoms with Crippen LogP contribution in [0.15, 0.2) is 24.3 Å². The molecule has 0 aliphatic heterocycles. The average Bonchev–Trinajstić information content (AvgIpc) is 1.37. The Morgan fingerprint density at radius 1 is 0.302 bits per heavy atom. The van der Waals surface area contributed by atoms with Gasteiger partial charge in [-0.15, -0.1) is 0 Å². The van der Waals surface area contributed by atoms with Crippen LogP contribution in [0.3, 0.4) is 0 Å². The highest BCUT2D eigenvalue weighted by Crippen LogP contribution is 2.92. The lowest BCUT2D eigenvalue weighted by Gasteiger charge is -2.36. The van der Waals surface area contributed by atoms with Gasteiger partial charge in [0, 0.05) is 0 Å². The van der Waals surface area contributed by atoms with Crippen LogP contribution in [0, 0.1) is 5.92 Å². The van der Waals surface area contributed by atoms with Crippen LogP contribution in [0.25, 0.3) is 291 Å². The SMILES string of the molecule is CC(C)(C)[Si](C)(C)OCCOCCOCCOc1ccccc1OCCOCCOCCOC(=O)C1C23c4c5c6c7c8c9c(c%10c%11c2c2c4c4c%12c5c5c6c6c8c8c%13c9c9c%10c%10c%11c%11c2c2c4c4c%12c%12c5c5c6c8c6c8c%13c9c9c%10c%10c%11c2c2c4c4c%12c5c6c5c8c9c%10c2c45)C713. The standard InChI is InChI=1S/C86H44O9Si/c1-84(2,3)96(4,5)95-21-17-91-13-12-89-15-19-93-23-9-7-6-8-22(23)92-18-14-88-10-11-90-16-20-94-83(87)82-85-78-70-62-52-42-34-26-24-25-28-32-30(26)38-46-40(32)50-44-36(28)37-29(25)33-31-27(24)35(34)43-49-39(31)47-41(33)51-45(37)55-54(44)64-58(50)68-60(46)66(56(62)48(38)42)74(78)76(68)80-72(64)73-65(55)59(51)69-61(47)67-57(49)63(53(43)52)71(70)79(85)75(67)77(69)81(73)86(80,82)85/h6-9,82H,10-21H2,1-5H3. The van der Waals surface area contributed by atoms with E-state index in [2.05, 4.69) is 33.9 Å². The molecule has 34 rings (SSSR count). The lowest BCUT2D eigenvalue weighted by Crippen LogP contribution is -2.41. The molecule has 0 radical (unpaired) electrons. The largest absolute Gasteiger partial charge is 0.487 e. The van der Waals surface area contributed by atoms with Crippen molar-refractivity contribution in [3.8, 4) is 11.5 Å². The topological polar surface area (TPSA) is 90.9 Å². The van der Waals surface area contributed by atoms with E-state index < -0.39 is 25.1 Å². The van der Waals surface area contributed by atoms with E-state index in [1.54, 1.807) is 205 Å². The monoisotopic (exact) mass is 1250 g/mol. The van der Waals surface area contributed by atoms with Crippen molar-refractivity contribution in [2.24, 2.45) is 5.92 Å². The van der Waals surface area contributed by atoms with E-state index in [9.17, 15) is 0 Å². The molecule has 0 aromatic heterocycles. The molecular weight excluding hydrogens is 1210 g/mol. The van der Waals surface area contributed by atoms with Crippen LogP contribution in [0.4, 0.5) is 0 Å². The Bertz CT molecular complexity index is 7580. The van der Waals surface area contributed by atoms with Gasteiger partial charge in [0.25, 0.3) is 0 Å². The van der Waals surface area contributed by atoms with Gasteiger partial charge in [-0.1, -0.05) is 32.9 Å². The third-order valence-corrected chi connectivity index (χ3v) is 34.5. The minimum absolute atomic E-state index is 0.0532. The van der Waals surface area contributed by atoms with Crippen LogP contribution >= 0.6 is 0 Å². The van der Waals surface area contributed by atoms with Gasteiger partial charge in [0.1, 0.15) is 19.8 Å². The van der Waals surface area contributed by atoms with E-state index in [0.29, 0.717) is 84.2 Å². The maximum Gasteiger partial charge on any atom is 0.311 e. The molecule has 96 heavy (non-hydrogen) atoms. The summed E-state index contributed by atoms with van der Waals surface area (Å²) >= 11 is 0. The first-order chi connectivity index (χ1) is 47.2. The first kappa shape index (κ1) is 45.2. The summed E-state index contributed by atoms with van der Waals surface area (Å²) in [5, 5.41) is 84.5. The van der Waals surface area contributed by atoms with Crippen molar-refractivity contribution >= 4 is 305 Å². The minimum Gasteiger partial charge on any atom is -0.487 e. The highest BCUT2D eigenvalue weighted by molar-refractivity contribution is 6.82. The van der Waals surface area contributed by atoms with Crippen molar-refractivity contribution in [3.05, 3.63) is 46.5 Å². The van der Waals surface area contributed by atoms with Crippen molar-refractivity contribution in [1.29, 1.82) is 0 Å². The van der Waals surface area contributed by atoms with Gasteiger partial charge in [-0.25, -0.2) is 0 Å². The average molecular weight is 1250 g/mol. The van der Waals surface area contributed by atoms with Crippen LogP contribution in [0.5, 0.6) is 11.5 Å². The van der Waals surface area contributed by atoms with Crippen molar-refractivity contribution in [3.63, 3.8) is 0 Å². The summed E-state index contributed by atoms with van der Waals surface area (Å²) in [6.45, 7) is 16.3. The van der Waals surface area contributed by atoms with Crippen LogP contribution in [-0.4, -0.2) is 93.6 Å². The first-order valence-electron chi connectivity index (χ1n) is 35.4. The highest BCUT2D eigenvalue weighted by Gasteiger charge is 2.89. The number of hydrogen-bond donors (Lipinski definition) is 0. The van der Waals surface area contributed by atoms with Gasteiger partial charge in [-0.3, -0.25) is 4.79 Å². The number of hydrogen-bond acceptors (Lipinski definition) is 9. The third-order valence-electron chi connectivity index (χ3n) is 30.0. The molecule has 0 bridgehead atoms. The van der Waals surface area contributed by atoms with E-state index in [1.807, 2.05) is 24.3 Å². The Kier molecular flexibility index (Phi) is 5.75. The van der Waals surface area contributed by atoms with Gasteiger partial charge in [0.2, 0.25) is 0 Å². The number of ether oxygens (including phenoxy) is 7. The molecule has 5 aliphatic rings. The molecule has 0 unspecified atom stereocenters. The summed E-state index contributed by atoms with van der Waals surface area (Å²) in [5.74, 6) is 0.862. The lowest BCUT2D eigenvalue weighted by atomic mass is 9.68. The van der Waals surface area contributed by atoms with Gasteiger partial charge >= 0.3 is 5.97 Å². The molecule has 1 saturated carbocycles. The minimum atomic E-state index is -1.78. The molecule has 0 amide bonds. The second kappa shape index (κ2) is 12.2. The van der Waals surface area contributed by atoms with E-state index in [4.69, 9.17) is 37.6 Å². The fourth-order valence-corrected chi connectivity index (χ4v) is 28.4. The van der Waals surface area contributed by atoms with Crippen molar-refractivity contribution in [2.45, 2.75) is 49.7 Å². The predicted octanol–water partition coefficient (Wildman–Crippen LogP) is 20.0. The zero-order valence-corrected chi connectivity index (χ0v) is 53.5. The summed E-state index contributed by atoms with van der Waals surface area (Å²) in [6, 6.07) is 7.73. The van der Waals surface area contributed by atoms with Gasteiger partial charge in [0.05, 0.1) is 76.2 Å². The Balaban J connectivity index is 0.521. The number of para-hydroxylation sites is 2. The van der Waals surface area contributed by atoms with Gasteiger partial charge in [-0.05, 0) is 343 Å². The Hall–Kier alpha value is -9.23. The lowest BCUT2D eigenvalue weighted by molar-refractivity contribution is -0.147. The molecule has 446 valence electrons. The maximum absolute atomic E-state index is 16.7. The molecule has 2 spiro atoms. The fourth-order valence-electron chi connectivity index (χ4n) is 27.4. The maximum atomic E-state index is 16.7. The van der Waals surface area contributed by atoms with Crippen molar-refractivity contribution in [1.82, 2.24) is 0 Å². The predicted molar refractivity (Wildman–Crippen MR) is 392 cm³/mol. The van der Waals surface area contributed by atoms with Crippen LogP contribution in [-0.2, 0) is 43.7 Å². The molecule has 9 nitrogen and oxygen atoms in total. The van der Waals surface area contributed by atoms with E-state index >= 15 is 4.79 Å². The van der Waals surface area contributed by atoms with Crippen LogP contribution in [0.2, 0.25) is 18.1 Å². The van der Waals surface area contributed by atoms with Crippen molar-refractivity contribution < 1.29 is 42.4 Å². The summed E-state index contributed by atoms with van der Waals surface area (Å²) in [5.41, 5.74) is 4.82. The summed E-state index contributed by atoms with van der Waals surface area (Å²) < 4.78 is 49.4. The molecule has 29 aromatic rings. The molecule has 0 heterocycles. The molecule has 5 aliphatic carbocycles. The van der Waals surface area contributed by atoms with E-state index in [1.165, 1.54) is 108 Å². The molecule has 0 N–H and O–H groups in total. The molecular formula is C86H44O9Si. The zero-order valence-electron chi connectivity index (χ0n) is 52.5. The number of esters is 1. The van der Waals surface area contributed by atoms with Crippen LogP contribution in [0.1, 0.15) is 43.0 Å². The quantitative estimate of drug-likeness (QED) is 0.0285. The van der Waals surface area contributed by atoms with Gasteiger partial charge < -0.3 is 37.6 Å². The van der Waals surface area contributed by atoms with Gasteiger partial charge in [0.15, 0.2) is 19.8 Å². The molecule has 0 saturated heterocycles. The molecule has 29 aromatic carbocycles. The summed E-state index contributed by atoms with van der Waals surface area (Å²) in [7, 11) is -1.78. The summed E-state index contributed by atoms with van der Waals surface area (Å²) in [4.78, 5) is 16.7. The molecule has 0 atom stereocenters. The Morgan fingerprint density at radius 3 is 0.729 bits per heavy atom. The zero-order chi connectivity index (χ0) is 60.8. The third kappa shape index (κ3) is 3.30. The number of benzene rings is 19. The normalized spacial score (nSPS) is 20.4. The Labute approximate surface area is 537 Å². The van der Waals surface area contributed by atoms with Gasteiger partial charge in [-0.2, -0.15) is 0 Å². The van der Waals surface area contributed by atoms with Crippen molar-refractivity contribution in [2.75, 3.05) is 79.3 Å². The van der Waals surface area contributed by atoms with E-state index in [-0.39, 0.29) is 17.6 Å². The molecule has 10 heteroatoms. The fraction of sp³-hybridized carbons (Fsp3) is 0.244. The number of carbonyl (C=O) groups excluding carboxylic acids is 1. The van der Waals surface area contributed by atoms with Crippen LogP contribution < -0.4 is 9.47 Å². The second-order valence-corrected chi connectivity index (χ2v) is 38.0. The smallest absolute Gasteiger partial charge is 0.311 e. The highest BCUT2D eigenvalue weighted by atomic mass is 28.4. The summed E-state index contributed by atoms with van der Waals surface area (Å²) in [6.07, 6.45) is 0. The number of carbonyl (C=O) groups is 1. The molecule has 1 fully saturated rings. The Morgan fingerprint density at radius 2 is 0.500 bits per heavy atom. The second-order valence-electron chi connectivity index (χ2n) is 33.2. The number of rotatable bonds is 22.